The summed E-state index contributed by atoms with van der Waals surface area (Å²) in [5.41, 5.74) is 1.07. The minimum atomic E-state index is -3.55. The molecule has 0 bridgehead atoms. The second-order valence-corrected chi connectivity index (χ2v) is 8.17. The molecule has 1 saturated carbocycles. The Kier molecular flexibility index (Phi) is 3.86. The van der Waals surface area contributed by atoms with Crippen molar-refractivity contribution in [2.45, 2.75) is 50.7 Å². The number of carbonyl (C=O) groups is 1. The molecular formula is C14H20N2O3S. The van der Waals surface area contributed by atoms with E-state index in [2.05, 4.69) is 9.71 Å². The van der Waals surface area contributed by atoms with Gasteiger partial charge in [-0.1, -0.05) is 33.3 Å². The van der Waals surface area contributed by atoms with Gasteiger partial charge in [0.1, 0.15) is 5.69 Å². The van der Waals surface area contributed by atoms with Gasteiger partial charge in [0.2, 0.25) is 10.0 Å². The Balaban J connectivity index is 2.10. The third kappa shape index (κ3) is 3.17. The van der Waals surface area contributed by atoms with Crippen molar-refractivity contribution < 1.29 is 13.2 Å². The first-order chi connectivity index (χ1) is 9.20. The lowest BCUT2D eigenvalue weighted by molar-refractivity contribution is 0.0975. The van der Waals surface area contributed by atoms with Gasteiger partial charge in [-0.2, -0.15) is 0 Å². The van der Waals surface area contributed by atoms with E-state index >= 15 is 0 Å². The number of rotatable bonds is 3. The molecule has 0 atom stereocenters. The molecule has 1 aromatic heterocycles. The van der Waals surface area contributed by atoms with Crippen molar-refractivity contribution in [2.24, 2.45) is 0 Å². The fraction of sp³-hybridized carbons (Fsp3) is 0.571. The van der Waals surface area contributed by atoms with Crippen LogP contribution in [0, 0.1) is 0 Å². The Morgan fingerprint density at radius 2 is 1.95 bits per heavy atom. The first-order valence-corrected chi connectivity index (χ1v) is 8.27. The molecule has 0 aliphatic heterocycles. The zero-order valence-electron chi connectivity index (χ0n) is 12.0. The van der Waals surface area contributed by atoms with Crippen molar-refractivity contribution >= 4 is 15.9 Å². The highest BCUT2D eigenvalue weighted by atomic mass is 32.2. The zero-order chi connectivity index (χ0) is 15.0. The number of pyridine rings is 1. The van der Waals surface area contributed by atoms with Gasteiger partial charge in [-0.25, -0.2) is 13.1 Å². The molecule has 0 spiro atoms. The molecule has 0 aromatic carbocycles. The number of hydrogen-bond donors (Lipinski definition) is 1. The van der Waals surface area contributed by atoms with E-state index in [-0.39, 0.29) is 11.1 Å². The van der Waals surface area contributed by atoms with Crippen LogP contribution in [-0.4, -0.2) is 24.6 Å². The maximum Gasteiger partial charge on any atom is 0.283 e. The molecule has 1 aromatic rings. The van der Waals surface area contributed by atoms with Gasteiger partial charge in [0.25, 0.3) is 5.91 Å². The molecule has 0 radical (unpaired) electrons. The van der Waals surface area contributed by atoms with E-state index < -0.39 is 21.2 Å². The van der Waals surface area contributed by atoms with Crippen LogP contribution in [0.5, 0.6) is 0 Å². The van der Waals surface area contributed by atoms with Crippen LogP contribution in [0.15, 0.2) is 18.3 Å². The molecule has 0 unspecified atom stereocenters. The first kappa shape index (κ1) is 15.0. The first-order valence-electron chi connectivity index (χ1n) is 6.72. The number of carbonyl (C=O) groups excluding carboxylic acids is 1. The van der Waals surface area contributed by atoms with Gasteiger partial charge in [-0.15, -0.1) is 0 Å². The van der Waals surface area contributed by atoms with Crippen molar-refractivity contribution in [1.82, 2.24) is 9.71 Å². The predicted molar refractivity (Wildman–Crippen MR) is 77.0 cm³/mol. The van der Waals surface area contributed by atoms with Gasteiger partial charge in [-0.3, -0.25) is 9.78 Å². The van der Waals surface area contributed by atoms with E-state index in [0.717, 1.165) is 12.0 Å². The molecule has 1 aliphatic carbocycles. The van der Waals surface area contributed by atoms with Crippen molar-refractivity contribution in [3.8, 4) is 0 Å². The number of amides is 1. The number of sulfonamides is 1. The van der Waals surface area contributed by atoms with Gasteiger partial charge in [0, 0.05) is 6.20 Å². The van der Waals surface area contributed by atoms with Gasteiger partial charge < -0.3 is 0 Å². The molecule has 6 heteroatoms. The van der Waals surface area contributed by atoms with E-state index in [0.29, 0.717) is 12.8 Å². The lowest BCUT2D eigenvalue weighted by Crippen LogP contribution is -2.41. The average Bonchev–Trinajstić information content (AvgIpc) is 2.24. The molecule has 5 nitrogen and oxygen atoms in total. The van der Waals surface area contributed by atoms with Crippen LogP contribution in [0.25, 0.3) is 0 Å². The molecule has 1 heterocycles. The van der Waals surface area contributed by atoms with Crippen LogP contribution in [0.1, 0.15) is 56.1 Å². The summed E-state index contributed by atoms with van der Waals surface area (Å²) < 4.78 is 25.8. The molecule has 1 aliphatic rings. The summed E-state index contributed by atoms with van der Waals surface area (Å²) in [5, 5.41) is -0.430. The van der Waals surface area contributed by atoms with Crippen molar-refractivity contribution in [3.63, 3.8) is 0 Å². The van der Waals surface area contributed by atoms with E-state index in [1.807, 2.05) is 20.8 Å². The second kappa shape index (κ2) is 5.16. The number of nitrogens with one attached hydrogen (secondary N) is 1. The van der Waals surface area contributed by atoms with Crippen LogP contribution in [0.3, 0.4) is 0 Å². The predicted octanol–water partition coefficient (Wildman–Crippen LogP) is 1.99. The molecular weight excluding hydrogens is 276 g/mol. The standard InChI is InChI=1S/C14H20N2O3S/c1-14(2,3)10-7-8-12(15-9-10)13(17)16-20(18,19)11-5-4-6-11/h7-9,11H,4-6H2,1-3H3,(H,16,17). The van der Waals surface area contributed by atoms with E-state index in [4.69, 9.17) is 0 Å². The van der Waals surface area contributed by atoms with Crippen LogP contribution in [0.4, 0.5) is 0 Å². The smallest absolute Gasteiger partial charge is 0.266 e. The normalized spacial score (nSPS) is 16.6. The Bertz CT molecular complexity index is 596. The summed E-state index contributed by atoms with van der Waals surface area (Å²) in [6, 6.07) is 3.37. The van der Waals surface area contributed by atoms with Crippen molar-refractivity contribution in [2.75, 3.05) is 0 Å². The molecule has 1 fully saturated rings. The van der Waals surface area contributed by atoms with Gasteiger partial charge in [0.15, 0.2) is 0 Å². The highest BCUT2D eigenvalue weighted by Crippen LogP contribution is 2.25. The molecule has 110 valence electrons. The quantitative estimate of drug-likeness (QED) is 0.925. The monoisotopic (exact) mass is 296 g/mol. The Morgan fingerprint density at radius 1 is 1.30 bits per heavy atom. The lowest BCUT2D eigenvalue weighted by Gasteiger charge is -2.25. The number of hydrogen-bond acceptors (Lipinski definition) is 4. The Hall–Kier alpha value is -1.43. The Morgan fingerprint density at radius 3 is 2.35 bits per heavy atom. The fourth-order valence-corrected chi connectivity index (χ4v) is 3.40. The van der Waals surface area contributed by atoms with Crippen LogP contribution >= 0.6 is 0 Å². The number of aromatic nitrogens is 1. The summed E-state index contributed by atoms with van der Waals surface area (Å²) in [6.07, 6.45) is 3.77. The maximum absolute atomic E-state index is 11.9. The minimum Gasteiger partial charge on any atom is -0.266 e. The molecule has 2 rings (SSSR count). The SMILES string of the molecule is CC(C)(C)c1ccc(C(=O)NS(=O)(=O)C2CCC2)nc1. The van der Waals surface area contributed by atoms with Crippen molar-refractivity contribution in [3.05, 3.63) is 29.6 Å². The minimum absolute atomic E-state index is 0.0555. The molecule has 20 heavy (non-hydrogen) atoms. The van der Waals surface area contributed by atoms with E-state index in [1.165, 1.54) is 0 Å². The summed E-state index contributed by atoms with van der Waals surface area (Å²) in [6.45, 7) is 6.14. The topological polar surface area (TPSA) is 76.1 Å². The van der Waals surface area contributed by atoms with Crippen molar-refractivity contribution in [1.29, 1.82) is 0 Å². The Labute approximate surface area is 119 Å². The maximum atomic E-state index is 11.9. The summed E-state index contributed by atoms with van der Waals surface area (Å²) >= 11 is 0. The highest BCUT2D eigenvalue weighted by molar-refractivity contribution is 7.90. The van der Waals surface area contributed by atoms with Gasteiger partial charge >= 0.3 is 0 Å². The fourth-order valence-electron chi connectivity index (χ4n) is 1.92. The second-order valence-electron chi connectivity index (χ2n) is 6.21. The van der Waals surface area contributed by atoms with Gasteiger partial charge in [0.05, 0.1) is 5.25 Å². The summed E-state index contributed by atoms with van der Waals surface area (Å²) in [7, 11) is -3.55. The molecule has 0 saturated heterocycles. The van der Waals surface area contributed by atoms with Crippen LogP contribution < -0.4 is 4.72 Å². The third-order valence-electron chi connectivity index (χ3n) is 3.59. The van der Waals surface area contributed by atoms with E-state index in [9.17, 15) is 13.2 Å². The highest BCUT2D eigenvalue weighted by Gasteiger charge is 2.32. The van der Waals surface area contributed by atoms with Crippen LogP contribution in [-0.2, 0) is 15.4 Å². The summed E-state index contributed by atoms with van der Waals surface area (Å²) in [4.78, 5) is 16.0. The van der Waals surface area contributed by atoms with Gasteiger partial charge in [-0.05, 0) is 29.9 Å². The largest absolute Gasteiger partial charge is 0.283 e. The number of nitrogens with zero attached hydrogens (tertiary/aromatic N) is 1. The summed E-state index contributed by atoms with van der Waals surface area (Å²) in [5.74, 6) is -0.655. The zero-order valence-corrected chi connectivity index (χ0v) is 12.8. The lowest BCUT2D eigenvalue weighted by atomic mass is 9.88. The van der Waals surface area contributed by atoms with Crippen LogP contribution in [0.2, 0.25) is 0 Å². The third-order valence-corrected chi connectivity index (χ3v) is 5.41. The average molecular weight is 296 g/mol. The molecule has 1 amide bonds. The molecule has 1 N–H and O–H groups in total. The van der Waals surface area contributed by atoms with E-state index in [1.54, 1.807) is 18.3 Å².